The highest BCUT2D eigenvalue weighted by Crippen LogP contribution is 2.41. The van der Waals surface area contributed by atoms with Crippen LogP contribution < -0.4 is 5.73 Å². The van der Waals surface area contributed by atoms with Gasteiger partial charge in [-0.25, -0.2) is 4.79 Å². The molecule has 0 saturated carbocycles. The second-order valence-electron chi connectivity index (χ2n) is 10.8. The van der Waals surface area contributed by atoms with Gasteiger partial charge in [0.2, 0.25) is 0 Å². The second-order valence-corrected chi connectivity index (χ2v) is 11.9. The highest BCUT2D eigenvalue weighted by molar-refractivity contribution is 8.04. The topological polar surface area (TPSA) is 92.8 Å². The van der Waals surface area contributed by atoms with E-state index in [1.165, 1.54) is 43.9 Å². The van der Waals surface area contributed by atoms with E-state index in [1.54, 1.807) is 12.1 Å². The van der Waals surface area contributed by atoms with Crippen molar-refractivity contribution in [1.29, 1.82) is 0 Å². The van der Waals surface area contributed by atoms with Crippen LogP contribution in [-0.2, 0) is 21.4 Å². The Labute approximate surface area is 227 Å². The molecular formula is C31H45NO4S. The normalized spacial score (nSPS) is 15.7. The molecule has 0 amide bonds. The molecule has 0 aliphatic carbocycles. The largest absolute Gasteiger partial charge is 0.511 e. The van der Waals surface area contributed by atoms with E-state index in [9.17, 15) is 15.0 Å². The van der Waals surface area contributed by atoms with Crippen molar-refractivity contribution in [2.24, 2.45) is 0 Å². The molecule has 4 N–H and O–H groups in total. The van der Waals surface area contributed by atoms with Crippen LogP contribution in [0.3, 0.4) is 0 Å². The lowest BCUT2D eigenvalue weighted by Crippen LogP contribution is -2.26. The SMILES string of the molecule is CCCCCCC.Cc1cc(SC2=C(O)CC(CCc3ccc(O)cc3)OC2=O)c(C(C)(C)C)cc1N. The minimum Gasteiger partial charge on any atom is -0.511 e. The number of unbranched alkanes of at least 4 members (excludes halogenated alkanes) is 4. The van der Waals surface area contributed by atoms with Gasteiger partial charge in [-0.1, -0.05) is 90.6 Å². The van der Waals surface area contributed by atoms with Crippen LogP contribution in [-0.4, -0.2) is 22.3 Å². The first-order valence-electron chi connectivity index (χ1n) is 13.5. The number of aryl methyl sites for hydroxylation is 2. The van der Waals surface area contributed by atoms with Gasteiger partial charge in [-0.15, -0.1) is 0 Å². The molecule has 37 heavy (non-hydrogen) atoms. The van der Waals surface area contributed by atoms with Crippen molar-refractivity contribution in [3.63, 3.8) is 0 Å². The number of benzene rings is 2. The highest BCUT2D eigenvalue weighted by Gasteiger charge is 2.31. The van der Waals surface area contributed by atoms with E-state index in [0.717, 1.165) is 21.6 Å². The van der Waals surface area contributed by atoms with Crippen LogP contribution in [0, 0.1) is 6.92 Å². The predicted molar refractivity (Wildman–Crippen MR) is 155 cm³/mol. The van der Waals surface area contributed by atoms with Crippen molar-refractivity contribution >= 4 is 23.4 Å². The summed E-state index contributed by atoms with van der Waals surface area (Å²) in [5.74, 6) is -0.201. The fraction of sp³-hybridized carbons (Fsp3) is 0.516. The number of aliphatic hydroxyl groups is 1. The second kappa shape index (κ2) is 14.4. The monoisotopic (exact) mass is 527 g/mol. The van der Waals surface area contributed by atoms with Gasteiger partial charge < -0.3 is 20.7 Å². The quantitative estimate of drug-likeness (QED) is 0.172. The number of thioether (sulfide) groups is 1. The van der Waals surface area contributed by atoms with Crippen molar-refractivity contribution in [2.45, 2.75) is 109 Å². The van der Waals surface area contributed by atoms with E-state index in [1.807, 2.05) is 31.2 Å². The molecule has 0 radical (unpaired) electrons. The standard InChI is InChI=1S/C24H29NO4S.C7H16/c1-14-11-21(18(13-19(14)25)24(2,3)4)30-22-20(27)12-17(29-23(22)28)10-7-15-5-8-16(26)9-6-15;1-3-5-7-6-4-2/h5-6,8-9,11,13,17,26-27H,7,10,12,25H2,1-4H3;3-7H2,1-2H3. The van der Waals surface area contributed by atoms with Crippen LogP contribution in [0.1, 0.15) is 96.3 Å². The predicted octanol–water partition coefficient (Wildman–Crippen LogP) is 8.37. The summed E-state index contributed by atoms with van der Waals surface area (Å²) in [4.78, 5) is 13.8. The fourth-order valence-electron chi connectivity index (χ4n) is 4.08. The number of esters is 1. The number of nitrogens with two attached hydrogens (primary N) is 1. The first-order valence-corrected chi connectivity index (χ1v) is 14.3. The Bertz CT molecular complexity index is 1050. The Morgan fingerprint density at radius 3 is 2.19 bits per heavy atom. The molecular weight excluding hydrogens is 482 g/mol. The summed E-state index contributed by atoms with van der Waals surface area (Å²) >= 11 is 1.25. The summed E-state index contributed by atoms with van der Waals surface area (Å²) in [6, 6.07) is 10.9. The minimum atomic E-state index is -0.492. The van der Waals surface area contributed by atoms with E-state index in [4.69, 9.17) is 10.5 Å². The zero-order chi connectivity index (χ0) is 27.6. The maximum Gasteiger partial charge on any atom is 0.348 e. The van der Waals surface area contributed by atoms with Gasteiger partial charge in [0.15, 0.2) is 0 Å². The summed E-state index contributed by atoms with van der Waals surface area (Å²) < 4.78 is 5.61. The Kier molecular flexibility index (Phi) is 11.9. The molecule has 0 fully saturated rings. The van der Waals surface area contributed by atoms with Gasteiger partial charge >= 0.3 is 5.97 Å². The average molecular weight is 528 g/mol. The zero-order valence-electron chi connectivity index (χ0n) is 23.4. The number of hydrogen-bond acceptors (Lipinski definition) is 6. The molecule has 1 heterocycles. The lowest BCUT2D eigenvalue weighted by molar-refractivity contribution is -0.145. The summed E-state index contributed by atoms with van der Waals surface area (Å²) in [6.45, 7) is 12.7. The molecule has 3 rings (SSSR count). The highest BCUT2D eigenvalue weighted by atomic mass is 32.2. The van der Waals surface area contributed by atoms with Gasteiger partial charge in [-0.2, -0.15) is 0 Å². The zero-order valence-corrected chi connectivity index (χ0v) is 24.2. The van der Waals surface area contributed by atoms with Crippen LogP contribution in [0.4, 0.5) is 5.69 Å². The molecule has 5 nitrogen and oxygen atoms in total. The van der Waals surface area contributed by atoms with Crippen LogP contribution in [0.15, 0.2) is 52.0 Å². The average Bonchev–Trinajstić information content (AvgIpc) is 2.83. The number of aliphatic hydroxyl groups excluding tert-OH is 1. The minimum absolute atomic E-state index is 0.0706. The lowest BCUT2D eigenvalue weighted by atomic mass is 9.86. The number of rotatable bonds is 9. The Morgan fingerprint density at radius 1 is 1.03 bits per heavy atom. The number of anilines is 1. The Morgan fingerprint density at radius 2 is 1.65 bits per heavy atom. The van der Waals surface area contributed by atoms with Crippen molar-refractivity contribution in [2.75, 3.05) is 5.73 Å². The van der Waals surface area contributed by atoms with E-state index < -0.39 is 5.97 Å². The van der Waals surface area contributed by atoms with Gasteiger partial charge in [-0.3, -0.25) is 0 Å². The number of phenols is 1. The molecule has 2 aromatic rings. The third-order valence-corrected chi connectivity index (χ3v) is 7.59. The van der Waals surface area contributed by atoms with E-state index in [2.05, 4.69) is 34.6 Å². The lowest BCUT2D eigenvalue weighted by Gasteiger charge is -2.27. The summed E-state index contributed by atoms with van der Waals surface area (Å²) in [7, 11) is 0. The smallest absolute Gasteiger partial charge is 0.348 e. The third-order valence-electron chi connectivity index (χ3n) is 6.43. The van der Waals surface area contributed by atoms with E-state index in [-0.39, 0.29) is 27.9 Å². The van der Waals surface area contributed by atoms with Crippen LogP contribution in [0.25, 0.3) is 0 Å². The molecule has 1 atom stereocenters. The summed E-state index contributed by atoms with van der Waals surface area (Å²) in [5.41, 5.74) is 9.65. The summed E-state index contributed by atoms with van der Waals surface area (Å²) in [6.07, 6.45) is 8.23. The van der Waals surface area contributed by atoms with Crippen molar-refractivity contribution in [3.05, 3.63) is 63.8 Å². The maximum absolute atomic E-state index is 12.7. The van der Waals surface area contributed by atoms with E-state index >= 15 is 0 Å². The number of carbonyl (C=O) groups excluding carboxylic acids is 1. The van der Waals surface area contributed by atoms with Crippen LogP contribution in [0.5, 0.6) is 5.75 Å². The fourth-order valence-corrected chi connectivity index (χ4v) is 5.34. The number of ether oxygens (including phenoxy) is 1. The van der Waals surface area contributed by atoms with Gasteiger partial charge in [0.1, 0.15) is 22.5 Å². The number of hydrogen-bond donors (Lipinski definition) is 3. The Hall–Kier alpha value is -2.60. The van der Waals surface area contributed by atoms with Crippen molar-refractivity contribution in [3.8, 4) is 5.75 Å². The molecule has 0 aromatic heterocycles. The number of phenolic OH excluding ortho intramolecular Hbond substituents is 1. The van der Waals surface area contributed by atoms with Gasteiger partial charge in [-0.05, 0) is 66.1 Å². The maximum atomic E-state index is 12.7. The number of cyclic esters (lactones) is 1. The van der Waals surface area contributed by atoms with Gasteiger partial charge in [0, 0.05) is 17.0 Å². The summed E-state index contributed by atoms with van der Waals surface area (Å²) in [5, 5.41) is 20.0. The number of nitrogen functional groups attached to an aromatic ring is 1. The number of aromatic hydroxyl groups is 1. The van der Waals surface area contributed by atoms with Crippen LogP contribution >= 0.6 is 11.8 Å². The first kappa shape index (κ1) is 30.6. The van der Waals surface area contributed by atoms with Crippen molar-refractivity contribution < 1.29 is 19.7 Å². The first-order chi connectivity index (χ1) is 17.5. The van der Waals surface area contributed by atoms with Gasteiger partial charge in [0.05, 0.1) is 0 Å². The molecule has 0 bridgehead atoms. The molecule has 2 aromatic carbocycles. The molecule has 1 aliphatic rings. The van der Waals surface area contributed by atoms with Crippen molar-refractivity contribution in [1.82, 2.24) is 0 Å². The van der Waals surface area contributed by atoms with E-state index in [0.29, 0.717) is 24.9 Å². The van der Waals surface area contributed by atoms with Gasteiger partial charge in [0.25, 0.3) is 0 Å². The number of carbonyl (C=O) groups is 1. The molecule has 0 spiro atoms. The molecule has 0 saturated heterocycles. The molecule has 6 heteroatoms. The molecule has 1 aliphatic heterocycles. The van der Waals surface area contributed by atoms with Crippen LogP contribution in [0.2, 0.25) is 0 Å². The molecule has 1 unspecified atom stereocenters. The third kappa shape index (κ3) is 9.66. The molecule has 204 valence electrons. The Balaban J connectivity index is 0.000000604.